The molecule has 17 heavy (non-hydrogen) atoms. The predicted molar refractivity (Wildman–Crippen MR) is 63.9 cm³/mol. The Bertz CT molecular complexity index is 558. The molecule has 0 aliphatic heterocycles. The number of carbonyl (C=O) groups excluding carboxylic acids is 1. The number of phenols is 1. The Kier molecular flexibility index (Phi) is 2.87. The van der Waals surface area contributed by atoms with Crippen LogP contribution in [0.4, 0.5) is 0 Å². The molecule has 1 aromatic heterocycles. The number of hydrogen-bond acceptors (Lipinski definition) is 3. The van der Waals surface area contributed by atoms with Gasteiger partial charge in [0.05, 0.1) is 12.7 Å². The van der Waals surface area contributed by atoms with Gasteiger partial charge in [-0.1, -0.05) is 18.2 Å². The highest BCUT2D eigenvalue weighted by atomic mass is 16.5. The predicted octanol–water partition coefficient (Wildman–Crippen LogP) is 2.18. The summed E-state index contributed by atoms with van der Waals surface area (Å²) >= 11 is 0. The summed E-state index contributed by atoms with van der Waals surface area (Å²) in [5, 5.41) is 9.79. The van der Waals surface area contributed by atoms with Crippen molar-refractivity contribution in [2.75, 3.05) is 7.11 Å². The van der Waals surface area contributed by atoms with Gasteiger partial charge in [-0.25, -0.2) is 4.79 Å². The number of ether oxygens (including phenoxy) is 1. The van der Waals surface area contributed by atoms with Crippen LogP contribution in [-0.2, 0) is 11.8 Å². The minimum atomic E-state index is -0.413. The van der Waals surface area contributed by atoms with Crippen LogP contribution in [0.15, 0.2) is 36.7 Å². The number of aromatic nitrogens is 1. The van der Waals surface area contributed by atoms with Gasteiger partial charge in [0.2, 0.25) is 0 Å². The average molecular weight is 231 g/mol. The van der Waals surface area contributed by atoms with Gasteiger partial charge in [0, 0.05) is 30.6 Å². The monoisotopic (exact) mass is 231 g/mol. The maximum Gasteiger partial charge on any atom is 0.340 e. The van der Waals surface area contributed by atoms with Crippen LogP contribution < -0.4 is 0 Å². The summed E-state index contributed by atoms with van der Waals surface area (Å²) in [7, 11) is 3.15. The van der Waals surface area contributed by atoms with Crippen LogP contribution in [0.5, 0.6) is 5.75 Å². The third kappa shape index (κ3) is 2.01. The molecule has 1 heterocycles. The Hall–Kier alpha value is -2.23. The van der Waals surface area contributed by atoms with E-state index in [1.54, 1.807) is 35.2 Å². The summed E-state index contributed by atoms with van der Waals surface area (Å²) in [4.78, 5) is 11.6. The summed E-state index contributed by atoms with van der Waals surface area (Å²) in [5.74, 6) is -0.271. The molecule has 0 atom stereocenters. The SMILES string of the molecule is COC(=O)c1cn(C)cc1-c1ccccc1O. The van der Waals surface area contributed by atoms with E-state index in [0.29, 0.717) is 16.7 Å². The maximum atomic E-state index is 11.6. The molecule has 0 fully saturated rings. The lowest BCUT2D eigenvalue weighted by Gasteiger charge is -2.04. The number of hydrogen-bond donors (Lipinski definition) is 1. The molecule has 88 valence electrons. The highest BCUT2D eigenvalue weighted by molar-refractivity contribution is 5.98. The molecule has 4 nitrogen and oxygen atoms in total. The summed E-state index contributed by atoms with van der Waals surface area (Å²) in [6, 6.07) is 6.89. The van der Waals surface area contributed by atoms with E-state index in [2.05, 4.69) is 0 Å². The minimum Gasteiger partial charge on any atom is -0.507 e. The van der Waals surface area contributed by atoms with Gasteiger partial charge in [-0.05, 0) is 6.07 Å². The van der Waals surface area contributed by atoms with Gasteiger partial charge < -0.3 is 14.4 Å². The van der Waals surface area contributed by atoms with Gasteiger partial charge in [-0.2, -0.15) is 0 Å². The van der Waals surface area contributed by atoms with Crippen molar-refractivity contribution in [3.63, 3.8) is 0 Å². The van der Waals surface area contributed by atoms with Crippen LogP contribution in [0.3, 0.4) is 0 Å². The van der Waals surface area contributed by atoms with E-state index in [4.69, 9.17) is 4.74 Å². The second-order valence-corrected chi connectivity index (χ2v) is 3.76. The number of para-hydroxylation sites is 1. The molecule has 0 saturated heterocycles. The molecule has 0 amide bonds. The van der Waals surface area contributed by atoms with Crippen molar-refractivity contribution in [3.8, 4) is 16.9 Å². The lowest BCUT2D eigenvalue weighted by molar-refractivity contribution is 0.0601. The van der Waals surface area contributed by atoms with Crippen LogP contribution >= 0.6 is 0 Å². The quantitative estimate of drug-likeness (QED) is 0.806. The standard InChI is InChI=1S/C13H13NO3/c1-14-7-10(11(8-14)13(16)17-2)9-5-3-4-6-12(9)15/h3-8,15H,1-2H3. The number of rotatable bonds is 2. The number of aromatic hydroxyl groups is 1. The fraction of sp³-hybridized carbons (Fsp3) is 0.154. The molecule has 0 unspecified atom stereocenters. The Morgan fingerprint density at radius 3 is 2.59 bits per heavy atom. The Morgan fingerprint density at radius 2 is 1.94 bits per heavy atom. The van der Waals surface area contributed by atoms with Crippen molar-refractivity contribution in [2.24, 2.45) is 7.05 Å². The molecular weight excluding hydrogens is 218 g/mol. The molecular formula is C13H13NO3. The van der Waals surface area contributed by atoms with Crippen molar-refractivity contribution in [3.05, 3.63) is 42.2 Å². The van der Waals surface area contributed by atoms with E-state index in [0.717, 1.165) is 0 Å². The van der Waals surface area contributed by atoms with Gasteiger partial charge in [-0.15, -0.1) is 0 Å². The number of carbonyl (C=O) groups is 1. The van der Waals surface area contributed by atoms with Crippen LogP contribution in [0.25, 0.3) is 11.1 Å². The third-order valence-electron chi connectivity index (χ3n) is 2.56. The fourth-order valence-electron chi connectivity index (χ4n) is 1.77. The second kappa shape index (κ2) is 4.33. The van der Waals surface area contributed by atoms with Gasteiger partial charge in [-0.3, -0.25) is 0 Å². The highest BCUT2D eigenvalue weighted by Crippen LogP contribution is 2.32. The van der Waals surface area contributed by atoms with Gasteiger partial charge in [0.15, 0.2) is 0 Å². The number of esters is 1. The second-order valence-electron chi connectivity index (χ2n) is 3.76. The van der Waals surface area contributed by atoms with Crippen molar-refractivity contribution in [1.82, 2.24) is 4.57 Å². The zero-order chi connectivity index (χ0) is 12.4. The van der Waals surface area contributed by atoms with Crippen LogP contribution in [0, 0.1) is 0 Å². The third-order valence-corrected chi connectivity index (χ3v) is 2.56. The van der Waals surface area contributed by atoms with E-state index in [1.165, 1.54) is 7.11 Å². The van der Waals surface area contributed by atoms with Crippen LogP contribution in [-0.4, -0.2) is 22.8 Å². The van der Waals surface area contributed by atoms with E-state index in [1.807, 2.05) is 13.1 Å². The van der Waals surface area contributed by atoms with Crippen LogP contribution in [0.1, 0.15) is 10.4 Å². The summed E-state index contributed by atoms with van der Waals surface area (Å²) in [6.45, 7) is 0. The van der Waals surface area contributed by atoms with E-state index < -0.39 is 5.97 Å². The molecule has 0 radical (unpaired) electrons. The first-order valence-corrected chi connectivity index (χ1v) is 5.16. The number of aryl methyl sites for hydroxylation is 1. The van der Waals surface area contributed by atoms with E-state index in [-0.39, 0.29) is 5.75 Å². The molecule has 4 heteroatoms. The zero-order valence-electron chi connectivity index (χ0n) is 9.68. The lowest BCUT2D eigenvalue weighted by atomic mass is 10.0. The molecule has 1 N–H and O–H groups in total. The number of nitrogens with zero attached hydrogens (tertiary/aromatic N) is 1. The van der Waals surface area contributed by atoms with E-state index >= 15 is 0 Å². The normalized spacial score (nSPS) is 10.2. The summed E-state index contributed by atoms with van der Waals surface area (Å²) in [5.41, 5.74) is 1.72. The fourth-order valence-corrected chi connectivity index (χ4v) is 1.77. The van der Waals surface area contributed by atoms with Crippen LogP contribution in [0.2, 0.25) is 0 Å². The minimum absolute atomic E-state index is 0.142. The smallest absolute Gasteiger partial charge is 0.340 e. The summed E-state index contributed by atoms with van der Waals surface area (Å²) in [6.07, 6.45) is 3.45. The van der Waals surface area contributed by atoms with Gasteiger partial charge in [0.25, 0.3) is 0 Å². The number of benzene rings is 1. The molecule has 0 bridgehead atoms. The molecule has 0 saturated carbocycles. The van der Waals surface area contributed by atoms with Crippen molar-refractivity contribution in [1.29, 1.82) is 0 Å². The van der Waals surface area contributed by atoms with E-state index in [9.17, 15) is 9.90 Å². The van der Waals surface area contributed by atoms with Gasteiger partial charge in [0.1, 0.15) is 5.75 Å². The lowest BCUT2D eigenvalue weighted by Crippen LogP contribution is -2.01. The molecule has 2 aromatic rings. The zero-order valence-corrected chi connectivity index (χ0v) is 9.68. The highest BCUT2D eigenvalue weighted by Gasteiger charge is 2.17. The van der Waals surface area contributed by atoms with Crippen molar-refractivity contribution in [2.45, 2.75) is 0 Å². The average Bonchev–Trinajstić information content (AvgIpc) is 2.71. The number of methoxy groups -OCH3 is 1. The Balaban J connectivity index is 2.60. The Morgan fingerprint density at radius 1 is 1.24 bits per heavy atom. The first-order chi connectivity index (χ1) is 8.13. The molecule has 0 aliphatic carbocycles. The topological polar surface area (TPSA) is 51.5 Å². The summed E-state index contributed by atoms with van der Waals surface area (Å²) < 4.78 is 6.48. The molecule has 1 aromatic carbocycles. The van der Waals surface area contributed by atoms with Crippen molar-refractivity contribution >= 4 is 5.97 Å². The first kappa shape index (κ1) is 11.3. The molecule has 0 spiro atoms. The molecule has 2 rings (SSSR count). The largest absolute Gasteiger partial charge is 0.507 e. The molecule has 0 aliphatic rings. The Labute approximate surface area is 99.1 Å². The maximum absolute atomic E-state index is 11.6. The van der Waals surface area contributed by atoms with Crippen molar-refractivity contribution < 1.29 is 14.6 Å². The first-order valence-electron chi connectivity index (χ1n) is 5.16. The number of phenolic OH excluding ortho intramolecular Hbond substituents is 1. The van der Waals surface area contributed by atoms with Gasteiger partial charge >= 0.3 is 5.97 Å².